The predicted molar refractivity (Wildman–Crippen MR) is 80.0 cm³/mol. The third kappa shape index (κ3) is 3.39. The number of nitrogens with one attached hydrogen (secondary N) is 1. The summed E-state index contributed by atoms with van der Waals surface area (Å²) < 4.78 is 13.7. The minimum atomic E-state index is -1.09. The van der Waals surface area contributed by atoms with Crippen molar-refractivity contribution in [3.8, 4) is 0 Å². The number of aromatic nitrogens is 1. The van der Waals surface area contributed by atoms with Crippen molar-refractivity contribution in [1.29, 1.82) is 0 Å². The molecule has 2 aromatic rings. The molecule has 6 heteroatoms. The van der Waals surface area contributed by atoms with Gasteiger partial charge in [0, 0.05) is 28.7 Å². The van der Waals surface area contributed by atoms with Crippen LogP contribution in [0.3, 0.4) is 0 Å². The molecule has 0 radical (unpaired) electrons. The van der Waals surface area contributed by atoms with Gasteiger partial charge in [-0.2, -0.15) is 0 Å². The van der Waals surface area contributed by atoms with Crippen molar-refractivity contribution in [2.45, 2.75) is 26.3 Å². The molecule has 0 fully saturated rings. The van der Waals surface area contributed by atoms with Crippen LogP contribution >= 0.6 is 0 Å². The Labute approximate surface area is 127 Å². The lowest BCUT2D eigenvalue weighted by atomic mass is 10.0. The van der Waals surface area contributed by atoms with Crippen LogP contribution < -0.4 is 5.32 Å². The second-order valence-electron chi connectivity index (χ2n) is 5.51. The van der Waals surface area contributed by atoms with Crippen molar-refractivity contribution in [2.75, 3.05) is 0 Å². The molecule has 2 rings (SSSR count). The summed E-state index contributed by atoms with van der Waals surface area (Å²) in [5.41, 5.74) is 0.208. The Morgan fingerprint density at radius 2 is 2.00 bits per heavy atom. The SMILES string of the molecule is CC(C)CC(NC(=O)c1ccc(F)c2ccncc12)C(=O)O. The van der Waals surface area contributed by atoms with Crippen molar-refractivity contribution in [3.05, 3.63) is 42.0 Å². The number of halogens is 1. The number of fused-ring (bicyclic) bond motifs is 1. The van der Waals surface area contributed by atoms with Crippen LogP contribution in [0.25, 0.3) is 10.8 Å². The second kappa shape index (κ2) is 6.51. The number of carboxylic acids is 1. The molecule has 0 saturated heterocycles. The van der Waals surface area contributed by atoms with Gasteiger partial charge in [-0.1, -0.05) is 13.8 Å². The standard InChI is InChI=1S/C16H17FN2O3/c1-9(2)7-14(16(21)22)19-15(20)11-3-4-13(17)10-5-6-18-8-12(10)11/h3-6,8-9,14H,7H2,1-2H3,(H,19,20)(H,21,22). The van der Waals surface area contributed by atoms with Gasteiger partial charge in [-0.3, -0.25) is 9.78 Å². The molecular weight excluding hydrogens is 287 g/mol. The number of hydrogen-bond acceptors (Lipinski definition) is 3. The van der Waals surface area contributed by atoms with Gasteiger partial charge in [-0.05, 0) is 30.5 Å². The summed E-state index contributed by atoms with van der Waals surface area (Å²) in [6.07, 6.45) is 3.15. The smallest absolute Gasteiger partial charge is 0.326 e. The Hall–Kier alpha value is -2.50. The number of carboxylic acid groups (broad SMARTS) is 1. The molecule has 116 valence electrons. The maximum Gasteiger partial charge on any atom is 0.326 e. The summed E-state index contributed by atoms with van der Waals surface area (Å²) in [6.45, 7) is 3.75. The number of carbonyl (C=O) groups excluding carboxylic acids is 1. The molecule has 1 amide bonds. The number of benzene rings is 1. The Kier molecular flexibility index (Phi) is 4.70. The first-order valence-corrected chi connectivity index (χ1v) is 6.96. The Morgan fingerprint density at radius 3 is 2.64 bits per heavy atom. The van der Waals surface area contributed by atoms with Crippen molar-refractivity contribution in [1.82, 2.24) is 10.3 Å². The number of pyridine rings is 1. The topological polar surface area (TPSA) is 79.3 Å². The number of aliphatic carboxylic acids is 1. The molecule has 1 heterocycles. The van der Waals surface area contributed by atoms with Gasteiger partial charge in [0.2, 0.25) is 0 Å². The van der Waals surface area contributed by atoms with E-state index >= 15 is 0 Å². The van der Waals surface area contributed by atoms with Gasteiger partial charge in [0.25, 0.3) is 5.91 Å². The molecule has 0 aliphatic rings. The van der Waals surface area contributed by atoms with Gasteiger partial charge >= 0.3 is 5.97 Å². The maximum atomic E-state index is 13.7. The maximum absolute atomic E-state index is 13.7. The van der Waals surface area contributed by atoms with Gasteiger partial charge in [0.1, 0.15) is 11.9 Å². The number of hydrogen-bond donors (Lipinski definition) is 2. The molecule has 2 N–H and O–H groups in total. The summed E-state index contributed by atoms with van der Waals surface area (Å²) >= 11 is 0. The highest BCUT2D eigenvalue weighted by molar-refractivity contribution is 6.07. The van der Waals surface area contributed by atoms with Crippen LogP contribution in [0.5, 0.6) is 0 Å². The zero-order chi connectivity index (χ0) is 16.3. The third-order valence-corrected chi connectivity index (χ3v) is 3.32. The molecule has 22 heavy (non-hydrogen) atoms. The molecule has 1 aromatic carbocycles. The second-order valence-corrected chi connectivity index (χ2v) is 5.51. The summed E-state index contributed by atoms with van der Waals surface area (Å²) in [6, 6.07) is 3.02. The predicted octanol–water partition coefficient (Wildman–Crippen LogP) is 2.60. The molecular formula is C16H17FN2O3. The van der Waals surface area contributed by atoms with Crippen LogP contribution in [0.4, 0.5) is 4.39 Å². The monoisotopic (exact) mass is 304 g/mol. The van der Waals surface area contributed by atoms with E-state index in [1.807, 2.05) is 13.8 Å². The van der Waals surface area contributed by atoms with Crippen molar-refractivity contribution in [3.63, 3.8) is 0 Å². The van der Waals surface area contributed by atoms with E-state index < -0.39 is 23.7 Å². The molecule has 0 aliphatic heterocycles. The first kappa shape index (κ1) is 15.9. The van der Waals surface area contributed by atoms with E-state index in [0.29, 0.717) is 11.8 Å². The average Bonchev–Trinajstić information content (AvgIpc) is 2.46. The fourth-order valence-electron chi connectivity index (χ4n) is 2.28. The number of amides is 1. The minimum Gasteiger partial charge on any atom is -0.480 e. The minimum absolute atomic E-state index is 0.119. The molecule has 5 nitrogen and oxygen atoms in total. The highest BCUT2D eigenvalue weighted by Crippen LogP contribution is 2.21. The van der Waals surface area contributed by atoms with Gasteiger partial charge < -0.3 is 10.4 Å². The van der Waals surface area contributed by atoms with E-state index in [9.17, 15) is 19.1 Å². The van der Waals surface area contributed by atoms with Gasteiger partial charge in [-0.25, -0.2) is 9.18 Å². The van der Waals surface area contributed by atoms with Crippen molar-refractivity contribution < 1.29 is 19.1 Å². The summed E-state index contributed by atoms with van der Waals surface area (Å²) in [7, 11) is 0. The van der Waals surface area contributed by atoms with E-state index in [-0.39, 0.29) is 16.9 Å². The van der Waals surface area contributed by atoms with Crippen LogP contribution in [0.1, 0.15) is 30.6 Å². The Bertz CT molecular complexity index is 716. The zero-order valence-electron chi connectivity index (χ0n) is 12.3. The lowest BCUT2D eigenvalue weighted by Crippen LogP contribution is -2.41. The van der Waals surface area contributed by atoms with Crippen LogP contribution in [0, 0.1) is 11.7 Å². The van der Waals surface area contributed by atoms with E-state index in [1.165, 1.54) is 30.6 Å². The van der Waals surface area contributed by atoms with Gasteiger partial charge in [0.15, 0.2) is 0 Å². The number of carbonyl (C=O) groups is 2. The lowest BCUT2D eigenvalue weighted by Gasteiger charge is -2.17. The van der Waals surface area contributed by atoms with Crippen molar-refractivity contribution >= 4 is 22.6 Å². The first-order chi connectivity index (χ1) is 10.4. The van der Waals surface area contributed by atoms with Crippen LogP contribution in [0.15, 0.2) is 30.6 Å². The van der Waals surface area contributed by atoms with Crippen LogP contribution in [-0.2, 0) is 4.79 Å². The number of rotatable bonds is 5. The quantitative estimate of drug-likeness (QED) is 0.890. The summed E-state index contributed by atoms with van der Waals surface area (Å²) in [4.78, 5) is 27.5. The normalized spacial score (nSPS) is 12.4. The molecule has 0 aliphatic carbocycles. The fraction of sp³-hybridized carbons (Fsp3) is 0.312. The van der Waals surface area contributed by atoms with Crippen LogP contribution in [0.2, 0.25) is 0 Å². The third-order valence-electron chi connectivity index (χ3n) is 3.32. The number of nitrogens with zero attached hydrogens (tertiary/aromatic N) is 1. The highest BCUT2D eigenvalue weighted by atomic mass is 19.1. The first-order valence-electron chi connectivity index (χ1n) is 6.96. The largest absolute Gasteiger partial charge is 0.480 e. The van der Waals surface area contributed by atoms with E-state index in [0.717, 1.165) is 0 Å². The molecule has 0 saturated carbocycles. The molecule has 0 spiro atoms. The molecule has 1 unspecified atom stereocenters. The molecule has 1 atom stereocenters. The van der Waals surface area contributed by atoms with E-state index in [2.05, 4.69) is 10.3 Å². The highest BCUT2D eigenvalue weighted by Gasteiger charge is 2.23. The van der Waals surface area contributed by atoms with Crippen LogP contribution in [-0.4, -0.2) is 28.0 Å². The molecule has 1 aromatic heterocycles. The van der Waals surface area contributed by atoms with E-state index in [1.54, 1.807) is 0 Å². The fourth-order valence-corrected chi connectivity index (χ4v) is 2.28. The van der Waals surface area contributed by atoms with Gasteiger partial charge in [-0.15, -0.1) is 0 Å². The van der Waals surface area contributed by atoms with Gasteiger partial charge in [0.05, 0.1) is 0 Å². The average molecular weight is 304 g/mol. The van der Waals surface area contributed by atoms with E-state index in [4.69, 9.17) is 0 Å². The van der Waals surface area contributed by atoms with Crippen molar-refractivity contribution in [2.24, 2.45) is 5.92 Å². The Balaban J connectivity index is 2.33. The Morgan fingerprint density at radius 1 is 1.27 bits per heavy atom. The lowest BCUT2D eigenvalue weighted by molar-refractivity contribution is -0.139. The summed E-state index contributed by atoms with van der Waals surface area (Å²) in [5, 5.41) is 12.3. The molecule has 0 bridgehead atoms. The summed E-state index contributed by atoms with van der Waals surface area (Å²) in [5.74, 6) is -1.98. The zero-order valence-corrected chi connectivity index (χ0v) is 12.3.